The minimum Gasteiger partial charge on any atom is -0.361 e. The number of aryl methyl sites for hydroxylation is 1. The van der Waals surface area contributed by atoms with Crippen LogP contribution in [0.3, 0.4) is 0 Å². The molecular weight excluding hydrogens is 218 g/mol. The van der Waals surface area contributed by atoms with Gasteiger partial charge in [0, 0.05) is 18.7 Å². The molecule has 0 aliphatic carbocycles. The smallest absolute Gasteiger partial charge is 0.237 e. The van der Waals surface area contributed by atoms with Gasteiger partial charge in [-0.3, -0.25) is 4.79 Å². The molecule has 0 saturated heterocycles. The molecule has 2 N–H and O–H groups in total. The lowest BCUT2D eigenvalue weighted by Gasteiger charge is -2.16. The molecule has 17 heavy (non-hydrogen) atoms. The number of aromatic nitrogens is 1. The van der Waals surface area contributed by atoms with Gasteiger partial charge in [0.05, 0.1) is 11.7 Å². The van der Waals surface area contributed by atoms with E-state index in [-0.39, 0.29) is 18.0 Å². The van der Waals surface area contributed by atoms with Crippen molar-refractivity contribution < 1.29 is 9.32 Å². The van der Waals surface area contributed by atoms with Crippen LogP contribution in [-0.2, 0) is 11.3 Å². The monoisotopic (exact) mass is 239 g/mol. The summed E-state index contributed by atoms with van der Waals surface area (Å²) in [6.45, 7) is 8.25. The SMILES string of the molecule is CCC(C)NC(=O)C(C)NCc1cc(C)on1. The van der Waals surface area contributed by atoms with Crippen LogP contribution in [-0.4, -0.2) is 23.1 Å². The van der Waals surface area contributed by atoms with Crippen molar-refractivity contribution in [3.8, 4) is 0 Å². The van der Waals surface area contributed by atoms with Crippen molar-refractivity contribution in [3.63, 3.8) is 0 Å². The Kier molecular flexibility index (Phi) is 5.15. The first-order valence-electron chi connectivity index (χ1n) is 5.98. The summed E-state index contributed by atoms with van der Waals surface area (Å²) in [5.41, 5.74) is 0.811. The molecule has 1 aromatic rings. The molecule has 0 aliphatic heterocycles. The third kappa shape index (κ3) is 4.56. The Hall–Kier alpha value is -1.36. The van der Waals surface area contributed by atoms with Crippen LogP contribution in [0.1, 0.15) is 38.6 Å². The van der Waals surface area contributed by atoms with Crippen molar-refractivity contribution in [2.45, 2.75) is 52.7 Å². The van der Waals surface area contributed by atoms with Crippen LogP contribution < -0.4 is 10.6 Å². The topological polar surface area (TPSA) is 67.2 Å². The normalized spacial score (nSPS) is 14.4. The lowest BCUT2D eigenvalue weighted by molar-refractivity contribution is -0.123. The van der Waals surface area contributed by atoms with Crippen LogP contribution >= 0.6 is 0 Å². The predicted molar refractivity (Wildman–Crippen MR) is 65.4 cm³/mol. The van der Waals surface area contributed by atoms with E-state index in [0.717, 1.165) is 17.9 Å². The highest BCUT2D eigenvalue weighted by molar-refractivity contribution is 5.81. The second-order valence-corrected chi connectivity index (χ2v) is 4.35. The van der Waals surface area contributed by atoms with E-state index in [1.54, 1.807) is 0 Å². The molecule has 0 aromatic carbocycles. The first-order valence-corrected chi connectivity index (χ1v) is 5.98. The third-order valence-electron chi connectivity index (χ3n) is 2.66. The molecule has 96 valence electrons. The summed E-state index contributed by atoms with van der Waals surface area (Å²) in [5, 5.41) is 9.89. The van der Waals surface area contributed by atoms with Gasteiger partial charge in [0.1, 0.15) is 5.76 Å². The minimum atomic E-state index is -0.235. The second kappa shape index (κ2) is 6.39. The van der Waals surface area contributed by atoms with Gasteiger partial charge in [0.25, 0.3) is 0 Å². The summed E-state index contributed by atoms with van der Waals surface area (Å²) in [6, 6.07) is 1.83. The average Bonchev–Trinajstić information content (AvgIpc) is 2.71. The summed E-state index contributed by atoms with van der Waals surface area (Å²) in [4.78, 5) is 11.7. The fourth-order valence-corrected chi connectivity index (χ4v) is 1.32. The zero-order valence-corrected chi connectivity index (χ0v) is 10.9. The summed E-state index contributed by atoms with van der Waals surface area (Å²) in [7, 11) is 0. The molecule has 1 aromatic heterocycles. The van der Waals surface area contributed by atoms with E-state index in [1.165, 1.54) is 0 Å². The van der Waals surface area contributed by atoms with Gasteiger partial charge >= 0.3 is 0 Å². The van der Waals surface area contributed by atoms with Gasteiger partial charge < -0.3 is 15.2 Å². The predicted octanol–water partition coefficient (Wildman–Crippen LogP) is 1.38. The molecule has 0 spiro atoms. The van der Waals surface area contributed by atoms with E-state index >= 15 is 0 Å². The molecule has 1 rings (SSSR count). The van der Waals surface area contributed by atoms with Crippen LogP contribution in [0, 0.1) is 6.92 Å². The van der Waals surface area contributed by atoms with Crippen molar-refractivity contribution in [2.24, 2.45) is 0 Å². The Balaban J connectivity index is 2.33. The fourth-order valence-electron chi connectivity index (χ4n) is 1.32. The Bertz CT molecular complexity index is 362. The molecule has 0 radical (unpaired) electrons. The summed E-state index contributed by atoms with van der Waals surface area (Å²) in [6.07, 6.45) is 0.931. The maximum Gasteiger partial charge on any atom is 0.237 e. The van der Waals surface area contributed by atoms with Gasteiger partial charge in [-0.15, -0.1) is 0 Å². The van der Waals surface area contributed by atoms with Crippen LogP contribution in [0.4, 0.5) is 0 Å². The van der Waals surface area contributed by atoms with E-state index < -0.39 is 0 Å². The van der Waals surface area contributed by atoms with Crippen molar-refractivity contribution in [1.82, 2.24) is 15.8 Å². The number of hydrogen-bond donors (Lipinski definition) is 2. The Morgan fingerprint density at radius 3 is 2.76 bits per heavy atom. The lowest BCUT2D eigenvalue weighted by atomic mass is 10.2. The maximum atomic E-state index is 11.7. The van der Waals surface area contributed by atoms with Gasteiger partial charge in [-0.2, -0.15) is 0 Å². The molecule has 1 amide bonds. The van der Waals surface area contributed by atoms with Gasteiger partial charge in [-0.05, 0) is 27.2 Å². The summed E-state index contributed by atoms with van der Waals surface area (Å²) >= 11 is 0. The molecule has 0 aliphatic rings. The number of hydrogen-bond acceptors (Lipinski definition) is 4. The maximum absolute atomic E-state index is 11.7. The van der Waals surface area contributed by atoms with E-state index in [1.807, 2.05) is 33.8 Å². The standard InChI is InChI=1S/C12H21N3O2/c1-5-8(2)14-12(16)10(4)13-7-11-6-9(3)17-15-11/h6,8,10,13H,5,7H2,1-4H3,(H,14,16). The van der Waals surface area contributed by atoms with E-state index in [0.29, 0.717) is 6.54 Å². The number of carbonyl (C=O) groups is 1. The van der Waals surface area contributed by atoms with E-state index in [9.17, 15) is 4.79 Å². The highest BCUT2D eigenvalue weighted by atomic mass is 16.5. The molecule has 1 heterocycles. The molecule has 5 nitrogen and oxygen atoms in total. The Morgan fingerprint density at radius 2 is 2.24 bits per heavy atom. The number of rotatable bonds is 6. The Labute approximate surface area is 102 Å². The highest BCUT2D eigenvalue weighted by Crippen LogP contribution is 2.01. The molecule has 0 bridgehead atoms. The number of amides is 1. The zero-order chi connectivity index (χ0) is 12.8. The first-order chi connectivity index (χ1) is 8.02. The third-order valence-corrected chi connectivity index (χ3v) is 2.66. The van der Waals surface area contributed by atoms with Crippen molar-refractivity contribution in [1.29, 1.82) is 0 Å². The van der Waals surface area contributed by atoms with Crippen molar-refractivity contribution in [3.05, 3.63) is 17.5 Å². The molecule has 0 saturated carbocycles. The van der Waals surface area contributed by atoms with Crippen LogP contribution in [0.15, 0.2) is 10.6 Å². The molecule has 2 atom stereocenters. The van der Waals surface area contributed by atoms with Gasteiger partial charge in [0.2, 0.25) is 5.91 Å². The first kappa shape index (κ1) is 13.7. The molecule has 5 heteroatoms. The van der Waals surface area contributed by atoms with Crippen LogP contribution in [0.25, 0.3) is 0 Å². The number of nitrogens with one attached hydrogen (secondary N) is 2. The minimum absolute atomic E-state index is 0.0135. The van der Waals surface area contributed by atoms with E-state index in [2.05, 4.69) is 15.8 Å². The molecule has 0 fully saturated rings. The van der Waals surface area contributed by atoms with Gasteiger partial charge in [-0.1, -0.05) is 12.1 Å². The second-order valence-electron chi connectivity index (χ2n) is 4.35. The van der Waals surface area contributed by atoms with Gasteiger partial charge in [-0.25, -0.2) is 0 Å². The van der Waals surface area contributed by atoms with E-state index in [4.69, 9.17) is 4.52 Å². The quantitative estimate of drug-likeness (QED) is 0.787. The average molecular weight is 239 g/mol. The molecule has 2 unspecified atom stereocenters. The lowest BCUT2D eigenvalue weighted by Crippen LogP contribution is -2.45. The number of nitrogens with zero attached hydrogens (tertiary/aromatic N) is 1. The number of carbonyl (C=O) groups excluding carboxylic acids is 1. The van der Waals surface area contributed by atoms with Crippen LogP contribution in [0.5, 0.6) is 0 Å². The summed E-state index contributed by atoms with van der Waals surface area (Å²) in [5.74, 6) is 0.790. The fraction of sp³-hybridized carbons (Fsp3) is 0.667. The van der Waals surface area contributed by atoms with Gasteiger partial charge in [0.15, 0.2) is 0 Å². The largest absolute Gasteiger partial charge is 0.361 e. The highest BCUT2D eigenvalue weighted by Gasteiger charge is 2.14. The zero-order valence-electron chi connectivity index (χ0n) is 10.9. The summed E-state index contributed by atoms with van der Waals surface area (Å²) < 4.78 is 4.95. The van der Waals surface area contributed by atoms with Crippen molar-refractivity contribution in [2.75, 3.05) is 0 Å². The molecular formula is C12H21N3O2. The van der Waals surface area contributed by atoms with Crippen LogP contribution in [0.2, 0.25) is 0 Å². The van der Waals surface area contributed by atoms with Crippen molar-refractivity contribution >= 4 is 5.91 Å². The Morgan fingerprint density at radius 1 is 1.53 bits per heavy atom.